The molecule has 0 bridgehead atoms. The molecule has 49 heavy (non-hydrogen) atoms. The van der Waals surface area contributed by atoms with Crippen molar-refractivity contribution >= 4 is 28.7 Å². The van der Waals surface area contributed by atoms with E-state index in [2.05, 4.69) is 15.3 Å². The molecule has 2 aliphatic heterocycles. The smallest absolute Gasteiger partial charge is 0.272 e. The summed E-state index contributed by atoms with van der Waals surface area (Å²) in [5.41, 5.74) is 5.19. The van der Waals surface area contributed by atoms with Crippen molar-refractivity contribution in [1.82, 2.24) is 24.9 Å². The van der Waals surface area contributed by atoms with Gasteiger partial charge in [-0.1, -0.05) is 24.3 Å². The van der Waals surface area contributed by atoms with Gasteiger partial charge in [-0.3, -0.25) is 9.78 Å². The molecule has 1 aliphatic carbocycles. The molecule has 2 fully saturated rings. The van der Waals surface area contributed by atoms with Crippen LogP contribution in [0.4, 0.5) is 30.4 Å². The zero-order valence-corrected chi connectivity index (χ0v) is 26.7. The number of hydrogen-bond acceptors (Lipinski definition) is 9. The van der Waals surface area contributed by atoms with Gasteiger partial charge in [0, 0.05) is 55.6 Å². The molecule has 1 saturated heterocycles. The van der Waals surface area contributed by atoms with E-state index in [1.807, 2.05) is 65.4 Å². The van der Waals surface area contributed by atoms with Crippen molar-refractivity contribution < 1.29 is 32.2 Å². The lowest BCUT2D eigenvalue weighted by Crippen LogP contribution is -2.30. The van der Waals surface area contributed by atoms with Crippen molar-refractivity contribution in [1.29, 1.82) is 0 Å². The van der Waals surface area contributed by atoms with Crippen molar-refractivity contribution in [3.8, 4) is 17.0 Å². The summed E-state index contributed by atoms with van der Waals surface area (Å²) in [5.74, 6) is -2.86. The third-order valence-electron chi connectivity index (χ3n) is 9.10. The van der Waals surface area contributed by atoms with Gasteiger partial charge in [-0.05, 0) is 41.8 Å². The molecule has 5 aromatic rings. The predicted molar refractivity (Wildman–Crippen MR) is 174 cm³/mol. The fourth-order valence-electron chi connectivity index (χ4n) is 6.42. The van der Waals surface area contributed by atoms with Gasteiger partial charge in [-0.15, -0.1) is 5.10 Å². The second kappa shape index (κ2) is 12.0. The van der Waals surface area contributed by atoms with Gasteiger partial charge < -0.3 is 29.3 Å². The summed E-state index contributed by atoms with van der Waals surface area (Å²) >= 11 is 0. The van der Waals surface area contributed by atoms with E-state index in [1.165, 1.54) is 16.8 Å². The number of carbonyl (C=O) groups excluding carboxylic acids is 1. The summed E-state index contributed by atoms with van der Waals surface area (Å²) in [5, 5.41) is 7.23. The number of anilines is 3. The van der Waals surface area contributed by atoms with Crippen molar-refractivity contribution in [2.24, 2.45) is 0 Å². The summed E-state index contributed by atoms with van der Waals surface area (Å²) in [6, 6.07) is 15.3. The maximum absolute atomic E-state index is 15.5. The molecule has 1 N–H and O–H groups in total. The highest BCUT2D eigenvalue weighted by Crippen LogP contribution is 2.43. The summed E-state index contributed by atoms with van der Waals surface area (Å²) in [7, 11) is 3.51. The number of ether oxygens (including phenoxy) is 3. The van der Waals surface area contributed by atoms with Crippen LogP contribution in [-0.4, -0.2) is 71.4 Å². The first kappa shape index (κ1) is 31.1. The molecule has 0 unspecified atom stereocenters. The molecular formula is C35H32F3N7O4. The number of methoxy groups -OCH3 is 1. The summed E-state index contributed by atoms with van der Waals surface area (Å²) in [4.78, 5) is 26.2. The molecule has 3 aliphatic rings. The quantitative estimate of drug-likeness (QED) is 0.219. The molecule has 11 nitrogen and oxygen atoms in total. The minimum Gasteiger partial charge on any atom is -0.497 e. The van der Waals surface area contributed by atoms with Crippen LogP contribution < -0.4 is 19.9 Å². The fraction of sp³-hybridized carbons (Fsp3) is 0.314. The molecule has 3 aromatic heterocycles. The Morgan fingerprint density at radius 1 is 1.10 bits per heavy atom. The maximum atomic E-state index is 15.5. The zero-order chi connectivity index (χ0) is 33.9. The molecule has 0 spiro atoms. The van der Waals surface area contributed by atoms with Gasteiger partial charge in [-0.25, -0.2) is 22.7 Å². The van der Waals surface area contributed by atoms with Gasteiger partial charge in [0.2, 0.25) is 0 Å². The lowest BCUT2D eigenvalue weighted by molar-refractivity contribution is -0.0445. The topological polar surface area (TPSA) is 106 Å². The van der Waals surface area contributed by atoms with Gasteiger partial charge in [0.25, 0.3) is 11.8 Å². The first-order valence-electron chi connectivity index (χ1n) is 15.9. The van der Waals surface area contributed by atoms with Crippen LogP contribution in [0.25, 0.3) is 16.9 Å². The number of imidazole rings is 1. The third-order valence-corrected chi connectivity index (χ3v) is 9.10. The Balaban J connectivity index is 1.17. The minimum atomic E-state index is -2.93. The Kier molecular flexibility index (Phi) is 7.64. The highest BCUT2D eigenvalue weighted by molar-refractivity contribution is 5.94. The second-order valence-corrected chi connectivity index (χ2v) is 12.3. The van der Waals surface area contributed by atoms with Crippen LogP contribution in [-0.2, 0) is 22.4 Å². The second-order valence-electron chi connectivity index (χ2n) is 12.3. The Hall–Kier alpha value is -5.21. The van der Waals surface area contributed by atoms with Crippen LogP contribution in [0.2, 0.25) is 0 Å². The molecule has 5 heterocycles. The van der Waals surface area contributed by atoms with Crippen molar-refractivity contribution in [2.75, 3.05) is 43.7 Å². The molecule has 2 aromatic carbocycles. The maximum Gasteiger partial charge on any atom is 0.272 e. The molecule has 252 valence electrons. The lowest BCUT2D eigenvalue weighted by Gasteiger charge is -2.24. The lowest BCUT2D eigenvalue weighted by atomic mass is 10.0. The number of halogens is 3. The summed E-state index contributed by atoms with van der Waals surface area (Å²) in [6.07, 6.45) is 2.46. The third kappa shape index (κ3) is 5.70. The highest BCUT2D eigenvalue weighted by Gasteiger charge is 2.58. The van der Waals surface area contributed by atoms with E-state index in [9.17, 15) is 13.6 Å². The Bertz CT molecular complexity index is 2070. The number of amides is 1. The van der Waals surface area contributed by atoms with Crippen molar-refractivity contribution in [2.45, 2.75) is 37.6 Å². The number of aromatic nitrogens is 4. The van der Waals surface area contributed by atoms with Crippen LogP contribution in [0, 0.1) is 5.82 Å². The van der Waals surface area contributed by atoms with Gasteiger partial charge in [-0.2, -0.15) is 0 Å². The number of alkyl halides is 2. The van der Waals surface area contributed by atoms with E-state index in [0.717, 1.165) is 22.6 Å². The van der Waals surface area contributed by atoms with Crippen LogP contribution in [0.1, 0.15) is 39.9 Å². The number of nitrogens with zero attached hydrogens (tertiary/aromatic N) is 6. The molecule has 0 radical (unpaired) electrons. The molecule has 1 amide bonds. The molecule has 8 rings (SSSR count). The molecule has 1 atom stereocenters. The van der Waals surface area contributed by atoms with E-state index in [0.29, 0.717) is 61.0 Å². The largest absolute Gasteiger partial charge is 0.497 e. The van der Waals surface area contributed by atoms with E-state index >= 15 is 4.39 Å². The van der Waals surface area contributed by atoms with Crippen molar-refractivity contribution in [3.05, 3.63) is 95.2 Å². The Morgan fingerprint density at radius 2 is 1.88 bits per heavy atom. The van der Waals surface area contributed by atoms with E-state index in [-0.39, 0.29) is 11.4 Å². The summed E-state index contributed by atoms with van der Waals surface area (Å²) in [6.45, 7) is 1.89. The van der Waals surface area contributed by atoms with Gasteiger partial charge in [0.15, 0.2) is 23.4 Å². The number of rotatable bonds is 9. The monoisotopic (exact) mass is 671 g/mol. The number of carbonyl (C=O) groups is 1. The van der Waals surface area contributed by atoms with Gasteiger partial charge in [0.05, 0.1) is 38.2 Å². The van der Waals surface area contributed by atoms with Crippen LogP contribution in [0.3, 0.4) is 0 Å². The first-order valence-corrected chi connectivity index (χ1v) is 15.9. The predicted octanol–water partition coefficient (Wildman–Crippen LogP) is 5.45. The van der Waals surface area contributed by atoms with Crippen LogP contribution in [0.15, 0.2) is 67.0 Å². The zero-order valence-electron chi connectivity index (χ0n) is 26.7. The van der Waals surface area contributed by atoms with Crippen LogP contribution >= 0.6 is 0 Å². The Morgan fingerprint density at radius 3 is 2.59 bits per heavy atom. The van der Waals surface area contributed by atoms with Gasteiger partial charge >= 0.3 is 0 Å². The van der Waals surface area contributed by atoms with E-state index in [1.54, 1.807) is 13.3 Å². The average molecular weight is 672 g/mol. The molecule has 1 saturated carbocycles. The average Bonchev–Trinajstić information content (AvgIpc) is 3.65. The van der Waals surface area contributed by atoms with Gasteiger partial charge in [0.1, 0.15) is 17.3 Å². The van der Waals surface area contributed by atoms with E-state index in [4.69, 9.17) is 19.3 Å². The normalized spacial score (nSPS) is 18.1. The number of nitrogens with one attached hydrogen (secondary N) is 1. The van der Waals surface area contributed by atoms with Crippen LogP contribution in [0.5, 0.6) is 5.75 Å². The fourth-order valence-corrected chi connectivity index (χ4v) is 6.42. The number of fused-ring (bicyclic) bond motifs is 2. The SMILES string of the molecule is COc1ccc(CN(C)c2cc(N3CCc4c(-c5ncc(C6OCCO6)cc5F)cccc43)nn3c(C(=O)N[C@@H]4CC4(F)F)cnc23)cc1. The molecule has 14 heteroatoms. The number of hydrogen-bond donors (Lipinski definition) is 1. The van der Waals surface area contributed by atoms with Crippen molar-refractivity contribution in [3.63, 3.8) is 0 Å². The number of pyridine rings is 1. The first-order chi connectivity index (χ1) is 23.7. The summed E-state index contributed by atoms with van der Waals surface area (Å²) < 4.78 is 60.7. The Labute approximate surface area is 279 Å². The highest BCUT2D eigenvalue weighted by atomic mass is 19.3. The minimum absolute atomic E-state index is 0.0356. The van der Waals surface area contributed by atoms with E-state index < -0.39 is 36.4 Å². The number of benzene rings is 2. The molecular weight excluding hydrogens is 639 g/mol. The standard InChI is InChI=1S/C35H32F3N7O4/c1-43(19-20-6-8-22(47-2)9-7-20)27-15-30(42-45-28(18-40-32(27)45)33(46)41-29-16-35(29,37)38)44-11-10-23-24(4-3-5-26(23)44)31-25(36)14-21(17-39-31)34-48-12-13-49-34/h3-9,14-15,17-18,29,34H,10-13,16,19H2,1-2H3,(H,41,46)/t29-/m1/s1.